The summed E-state index contributed by atoms with van der Waals surface area (Å²) < 4.78 is 12.6. The Hall–Kier alpha value is -2.59. The second-order valence-electron chi connectivity index (χ2n) is 8.45. The number of likely N-dealkylation sites (N-methyl/N-ethyl adjacent to an activating group) is 1. The third-order valence-corrected chi connectivity index (χ3v) is 7.07. The van der Waals surface area contributed by atoms with Gasteiger partial charge in [0, 0.05) is 18.0 Å². The number of hydrogen-bond donors (Lipinski definition) is 0. The topological polar surface area (TPSA) is 38.8 Å². The van der Waals surface area contributed by atoms with Crippen LogP contribution in [0.1, 0.15) is 29.5 Å². The largest absolute Gasteiger partial charge is 0.485 e. The molecule has 3 atom stereocenters. The monoisotopic (exact) mass is 373 g/mol. The van der Waals surface area contributed by atoms with E-state index in [1.54, 1.807) is 0 Å². The quantitative estimate of drug-likeness (QED) is 0.773. The molecular formula is C24H23NO3. The molecular weight excluding hydrogens is 350 g/mol. The Labute approximate surface area is 164 Å². The van der Waals surface area contributed by atoms with Crippen molar-refractivity contribution < 1.29 is 14.3 Å². The Morgan fingerprint density at radius 2 is 2.07 bits per heavy atom. The molecule has 2 aromatic rings. The van der Waals surface area contributed by atoms with E-state index in [0.717, 1.165) is 36.4 Å². The first-order valence-electron chi connectivity index (χ1n) is 10.1. The van der Waals surface area contributed by atoms with Crippen LogP contribution in [0, 0.1) is 0 Å². The molecule has 2 aromatic carbocycles. The Morgan fingerprint density at radius 3 is 2.93 bits per heavy atom. The predicted molar refractivity (Wildman–Crippen MR) is 106 cm³/mol. The highest BCUT2D eigenvalue weighted by molar-refractivity contribution is 5.92. The number of ether oxygens (including phenoxy) is 2. The van der Waals surface area contributed by atoms with Crippen molar-refractivity contribution in [2.24, 2.45) is 0 Å². The highest BCUT2D eigenvalue weighted by Crippen LogP contribution is 2.61. The molecule has 4 heteroatoms. The van der Waals surface area contributed by atoms with Crippen LogP contribution in [0.2, 0.25) is 0 Å². The van der Waals surface area contributed by atoms with Gasteiger partial charge in [-0.3, -0.25) is 9.69 Å². The fourth-order valence-electron chi connectivity index (χ4n) is 5.77. The van der Waals surface area contributed by atoms with Gasteiger partial charge in [0.1, 0.15) is 6.61 Å². The first-order chi connectivity index (χ1) is 13.7. The number of rotatable bonds is 3. The standard InChI is InChI=1S/C24H23NO3/c1-25-12-11-24-17-8-9-19(26)23(24)28-22-20(27-14-15-5-3-2-4-6-15)10-7-16(21(22)24)13-18(17)25/h2-8,10,18,23H,9,11-14H2,1H3/t18-,23+,24+/m1/s1. The molecule has 0 unspecified atom stereocenters. The SMILES string of the molecule is CN1CC[C@@]23C4=CCC(=O)[C@@H]2Oc2c(OCc5ccccc5)ccc(c23)C[C@H]41. The van der Waals surface area contributed by atoms with E-state index in [4.69, 9.17) is 9.47 Å². The molecule has 142 valence electrons. The van der Waals surface area contributed by atoms with Gasteiger partial charge in [0.05, 0.1) is 5.41 Å². The number of benzene rings is 2. The van der Waals surface area contributed by atoms with Gasteiger partial charge in [-0.1, -0.05) is 42.5 Å². The van der Waals surface area contributed by atoms with E-state index in [1.165, 1.54) is 16.7 Å². The normalized spacial score (nSPS) is 29.8. The molecule has 2 heterocycles. The van der Waals surface area contributed by atoms with Crippen LogP contribution in [0.4, 0.5) is 0 Å². The van der Waals surface area contributed by atoms with E-state index in [0.29, 0.717) is 19.1 Å². The minimum Gasteiger partial charge on any atom is -0.485 e. The summed E-state index contributed by atoms with van der Waals surface area (Å²) in [5.41, 5.74) is 4.79. The third-order valence-electron chi connectivity index (χ3n) is 7.07. The molecule has 0 N–H and O–H groups in total. The number of likely N-dealkylation sites (tertiary alicyclic amines) is 1. The Bertz CT molecular complexity index is 1010. The van der Waals surface area contributed by atoms with Crippen LogP contribution in [0.15, 0.2) is 54.1 Å². The van der Waals surface area contributed by atoms with Crippen LogP contribution < -0.4 is 9.47 Å². The van der Waals surface area contributed by atoms with Crippen molar-refractivity contribution in [3.8, 4) is 11.5 Å². The van der Waals surface area contributed by atoms with Gasteiger partial charge in [0.25, 0.3) is 0 Å². The molecule has 6 rings (SSSR count). The lowest BCUT2D eigenvalue weighted by molar-refractivity contribution is -0.128. The van der Waals surface area contributed by atoms with Crippen molar-refractivity contribution in [2.45, 2.75) is 43.4 Å². The van der Waals surface area contributed by atoms with Crippen molar-refractivity contribution >= 4 is 5.78 Å². The second kappa shape index (κ2) is 5.71. The highest BCUT2D eigenvalue weighted by Gasteiger charge is 2.62. The maximum Gasteiger partial charge on any atom is 0.178 e. The number of nitrogens with zero attached hydrogens (tertiary/aromatic N) is 1. The Balaban J connectivity index is 1.47. The van der Waals surface area contributed by atoms with Crippen LogP contribution in [-0.4, -0.2) is 36.4 Å². The van der Waals surface area contributed by atoms with E-state index in [9.17, 15) is 4.79 Å². The maximum absolute atomic E-state index is 12.9. The van der Waals surface area contributed by atoms with Crippen LogP contribution >= 0.6 is 0 Å². The molecule has 0 aromatic heterocycles. The first kappa shape index (κ1) is 16.4. The molecule has 0 radical (unpaired) electrons. The fourth-order valence-corrected chi connectivity index (χ4v) is 5.77. The molecule has 1 spiro atoms. The smallest absolute Gasteiger partial charge is 0.178 e. The summed E-state index contributed by atoms with van der Waals surface area (Å²) in [7, 11) is 2.20. The van der Waals surface area contributed by atoms with E-state index >= 15 is 0 Å². The Morgan fingerprint density at radius 1 is 1.21 bits per heavy atom. The lowest BCUT2D eigenvalue weighted by atomic mass is 9.56. The molecule has 2 aliphatic carbocycles. The van der Waals surface area contributed by atoms with Gasteiger partial charge in [-0.2, -0.15) is 0 Å². The number of Topliss-reactive ketones (excluding diaryl/α,β-unsaturated/α-hetero) is 1. The molecule has 4 aliphatic rings. The number of allylic oxidation sites excluding steroid dienone is 1. The van der Waals surface area contributed by atoms with E-state index in [1.807, 2.05) is 24.3 Å². The number of carbonyl (C=O) groups excluding carboxylic acids is 1. The minimum atomic E-state index is -0.390. The summed E-state index contributed by atoms with van der Waals surface area (Å²) in [6.45, 7) is 1.48. The van der Waals surface area contributed by atoms with Gasteiger partial charge in [-0.25, -0.2) is 0 Å². The minimum absolute atomic E-state index is 0.199. The zero-order valence-electron chi connectivity index (χ0n) is 16.0. The molecule has 2 aliphatic heterocycles. The zero-order valence-corrected chi connectivity index (χ0v) is 16.0. The summed E-state index contributed by atoms with van der Waals surface area (Å²) in [5, 5.41) is 0. The number of hydrogen-bond acceptors (Lipinski definition) is 4. The van der Waals surface area contributed by atoms with E-state index in [-0.39, 0.29) is 17.3 Å². The summed E-state index contributed by atoms with van der Waals surface area (Å²) in [4.78, 5) is 15.3. The van der Waals surface area contributed by atoms with Gasteiger partial charge in [-0.15, -0.1) is 0 Å². The highest BCUT2D eigenvalue weighted by atomic mass is 16.5. The van der Waals surface area contributed by atoms with Crippen molar-refractivity contribution in [3.63, 3.8) is 0 Å². The van der Waals surface area contributed by atoms with Crippen molar-refractivity contribution in [3.05, 3.63) is 70.8 Å². The van der Waals surface area contributed by atoms with Gasteiger partial charge in [0.2, 0.25) is 0 Å². The molecule has 0 amide bonds. The summed E-state index contributed by atoms with van der Waals surface area (Å²) in [6, 6.07) is 14.7. The van der Waals surface area contributed by atoms with Crippen LogP contribution in [0.3, 0.4) is 0 Å². The van der Waals surface area contributed by atoms with Crippen LogP contribution in [-0.2, 0) is 23.2 Å². The molecule has 2 bridgehead atoms. The predicted octanol–water partition coefficient (Wildman–Crippen LogP) is 3.42. The summed E-state index contributed by atoms with van der Waals surface area (Å²) in [6.07, 6.45) is 4.20. The van der Waals surface area contributed by atoms with E-state index < -0.39 is 0 Å². The molecule has 28 heavy (non-hydrogen) atoms. The third kappa shape index (κ3) is 2.01. The van der Waals surface area contributed by atoms with Crippen molar-refractivity contribution in [1.29, 1.82) is 0 Å². The maximum atomic E-state index is 12.9. The van der Waals surface area contributed by atoms with E-state index in [2.05, 4.69) is 36.2 Å². The lowest BCUT2D eigenvalue weighted by Crippen LogP contribution is -2.60. The van der Waals surface area contributed by atoms with Gasteiger partial charge in [-0.05, 0) is 49.2 Å². The van der Waals surface area contributed by atoms with Gasteiger partial charge < -0.3 is 9.47 Å². The average Bonchev–Trinajstić information content (AvgIpc) is 3.07. The van der Waals surface area contributed by atoms with Gasteiger partial charge >= 0.3 is 0 Å². The number of piperidine rings is 1. The lowest BCUT2D eigenvalue weighted by Gasteiger charge is -2.52. The molecule has 0 saturated carbocycles. The fraction of sp³-hybridized carbons (Fsp3) is 0.375. The average molecular weight is 373 g/mol. The molecule has 1 fully saturated rings. The van der Waals surface area contributed by atoms with Crippen molar-refractivity contribution in [2.75, 3.05) is 13.6 Å². The summed E-state index contributed by atoms with van der Waals surface area (Å²) >= 11 is 0. The Kier molecular flexibility index (Phi) is 3.34. The second-order valence-corrected chi connectivity index (χ2v) is 8.45. The molecule has 4 nitrogen and oxygen atoms in total. The van der Waals surface area contributed by atoms with Gasteiger partial charge in [0.15, 0.2) is 23.4 Å². The zero-order chi connectivity index (χ0) is 18.9. The first-order valence-corrected chi connectivity index (χ1v) is 10.1. The van der Waals surface area contributed by atoms with Crippen molar-refractivity contribution in [1.82, 2.24) is 4.90 Å². The number of carbonyl (C=O) groups is 1. The molecule has 1 saturated heterocycles. The number of ketones is 1. The van der Waals surface area contributed by atoms with Crippen LogP contribution in [0.25, 0.3) is 0 Å². The summed E-state index contributed by atoms with van der Waals surface area (Å²) in [5.74, 6) is 1.77. The van der Waals surface area contributed by atoms with Crippen LogP contribution in [0.5, 0.6) is 11.5 Å².